The molecule has 1 aromatic heterocycles. The van der Waals surface area contributed by atoms with E-state index in [1.54, 1.807) is 16.8 Å². The Morgan fingerprint density at radius 1 is 1.29 bits per heavy atom. The number of anilines is 1. The summed E-state index contributed by atoms with van der Waals surface area (Å²) in [4.78, 5) is 11.7. The van der Waals surface area contributed by atoms with Gasteiger partial charge in [0.05, 0.1) is 6.54 Å². The minimum Gasteiger partial charge on any atom is -0.399 e. The second-order valence-corrected chi connectivity index (χ2v) is 4.88. The molecule has 0 aliphatic rings. The average molecular weight is 293 g/mol. The Hall–Kier alpha value is -1.55. The fourth-order valence-corrected chi connectivity index (χ4v) is 2.13. The van der Waals surface area contributed by atoms with Crippen LogP contribution in [0.3, 0.4) is 0 Å². The van der Waals surface area contributed by atoms with E-state index >= 15 is 0 Å². The molecule has 3 nitrogen and oxygen atoms in total. The summed E-state index contributed by atoms with van der Waals surface area (Å²) in [6, 6.07) is 9.15. The van der Waals surface area contributed by atoms with Gasteiger partial charge in [0.25, 0.3) is 5.56 Å². The van der Waals surface area contributed by atoms with Crippen molar-refractivity contribution in [2.45, 2.75) is 13.5 Å². The van der Waals surface area contributed by atoms with E-state index in [2.05, 4.69) is 15.9 Å². The molecule has 4 heteroatoms. The molecule has 2 N–H and O–H groups in total. The van der Waals surface area contributed by atoms with Gasteiger partial charge in [-0.15, -0.1) is 0 Å². The molecular formula is C13H13BrN2O. The van der Waals surface area contributed by atoms with Gasteiger partial charge in [-0.25, -0.2) is 0 Å². The van der Waals surface area contributed by atoms with Crippen LogP contribution in [0.4, 0.5) is 5.69 Å². The molecule has 2 rings (SSSR count). The number of benzene rings is 1. The largest absolute Gasteiger partial charge is 0.399 e. The van der Waals surface area contributed by atoms with Crippen molar-refractivity contribution in [3.63, 3.8) is 0 Å². The average Bonchev–Trinajstić information content (AvgIpc) is 2.25. The molecule has 0 spiro atoms. The maximum Gasteiger partial charge on any atom is 0.251 e. The molecule has 88 valence electrons. The first-order valence-corrected chi connectivity index (χ1v) is 6.06. The molecule has 0 fully saturated rings. The topological polar surface area (TPSA) is 48.0 Å². The van der Waals surface area contributed by atoms with E-state index in [0.29, 0.717) is 12.2 Å². The Bertz CT molecular complexity index is 605. The fraction of sp³-hybridized carbons (Fsp3) is 0.154. The van der Waals surface area contributed by atoms with Gasteiger partial charge < -0.3 is 10.3 Å². The predicted octanol–water partition coefficient (Wildman–Crippen LogP) is 2.55. The third-order valence-electron chi connectivity index (χ3n) is 2.57. The molecule has 1 heterocycles. The first-order chi connectivity index (χ1) is 8.06. The Labute approximate surface area is 108 Å². The van der Waals surface area contributed by atoms with Gasteiger partial charge in [-0.3, -0.25) is 4.79 Å². The van der Waals surface area contributed by atoms with Gasteiger partial charge in [0.15, 0.2) is 0 Å². The van der Waals surface area contributed by atoms with Gasteiger partial charge in [-0.2, -0.15) is 0 Å². The number of halogens is 1. The smallest absolute Gasteiger partial charge is 0.251 e. The predicted molar refractivity (Wildman–Crippen MR) is 73.1 cm³/mol. The van der Waals surface area contributed by atoms with Gasteiger partial charge in [0.2, 0.25) is 0 Å². The molecule has 2 aromatic rings. The molecule has 0 bridgehead atoms. The lowest BCUT2D eigenvalue weighted by Crippen LogP contribution is -2.19. The Kier molecular flexibility index (Phi) is 3.33. The molecule has 0 aliphatic heterocycles. The van der Waals surface area contributed by atoms with E-state index in [4.69, 9.17) is 5.73 Å². The van der Waals surface area contributed by atoms with Crippen molar-refractivity contribution in [3.05, 3.63) is 62.5 Å². The van der Waals surface area contributed by atoms with Crippen LogP contribution < -0.4 is 11.3 Å². The normalized spacial score (nSPS) is 10.5. The summed E-state index contributed by atoms with van der Waals surface area (Å²) < 4.78 is 2.59. The molecule has 0 aliphatic carbocycles. The van der Waals surface area contributed by atoms with Gasteiger partial charge in [-0.1, -0.05) is 22.0 Å². The van der Waals surface area contributed by atoms with Gasteiger partial charge >= 0.3 is 0 Å². The van der Waals surface area contributed by atoms with Gasteiger partial charge in [0, 0.05) is 22.4 Å². The first-order valence-electron chi connectivity index (χ1n) is 5.27. The Balaban J connectivity index is 2.35. The molecule has 17 heavy (non-hydrogen) atoms. The standard InChI is InChI=1S/C13H13BrN2O/c1-9-4-5-16(13(17)6-9)8-10-2-3-11(15)7-12(10)14/h2-7H,8,15H2,1H3. The molecule has 0 saturated heterocycles. The van der Waals surface area contributed by atoms with Crippen LogP contribution in [0.5, 0.6) is 0 Å². The quantitative estimate of drug-likeness (QED) is 0.865. The maximum absolute atomic E-state index is 11.7. The summed E-state index contributed by atoms with van der Waals surface area (Å²) in [5.74, 6) is 0. The second-order valence-electron chi connectivity index (χ2n) is 4.02. The molecule has 0 amide bonds. The summed E-state index contributed by atoms with van der Waals surface area (Å²) in [5.41, 5.74) is 8.39. The van der Waals surface area contributed by atoms with Crippen molar-refractivity contribution < 1.29 is 0 Å². The number of nitrogens with two attached hydrogens (primary N) is 1. The minimum absolute atomic E-state index is 0.00808. The molecule has 0 saturated carbocycles. The number of aromatic nitrogens is 1. The number of hydrogen-bond donors (Lipinski definition) is 1. The number of rotatable bonds is 2. The highest BCUT2D eigenvalue weighted by Crippen LogP contribution is 2.20. The lowest BCUT2D eigenvalue weighted by Gasteiger charge is -2.08. The SMILES string of the molecule is Cc1ccn(Cc2ccc(N)cc2Br)c(=O)c1. The van der Waals surface area contributed by atoms with E-state index in [9.17, 15) is 4.79 Å². The zero-order chi connectivity index (χ0) is 12.4. The summed E-state index contributed by atoms with van der Waals surface area (Å²) in [6.45, 7) is 2.45. The van der Waals surface area contributed by atoms with Gasteiger partial charge in [0.1, 0.15) is 0 Å². The van der Waals surface area contributed by atoms with Crippen molar-refractivity contribution in [1.29, 1.82) is 0 Å². The van der Waals surface area contributed by atoms with Crippen LogP contribution in [0.1, 0.15) is 11.1 Å². The highest BCUT2D eigenvalue weighted by molar-refractivity contribution is 9.10. The first kappa shape index (κ1) is 11.9. The van der Waals surface area contributed by atoms with Crippen LogP contribution in [0.15, 0.2) is 45.8 Å². The second kappa shape index (κ2) is 4.75. The van der Waals surface area contributed by atoms with Crippen LogP contribution >= 0.6 is 15.9 Å². The minimum atomic E-state index is 0.00808. The lowest BCUT2D eigenvalue weighted by molar-refractivity contribution is 0.754. The molecule has 1 aromatic carbocycles. The van der Waals surface area contributed by atoms with Crippen LogP contribution in [-0.2, 0) is 6.54 Å². The van der Waals surface area contributed by atoms with Gasteiger partial charge in [-0.05, 0) is 36.2 Å². The van der Waals surface area contributed by atoms with E-state index in [0.717, 1.165) is 15.6 Å². The highest BCUT2D eigenvalue weighted by atomic mass is 79.9. The lowest BCUT2D eigenvalue weighted by atomic mass is 10.2. The number of hydrogen-bond acceptors (Lipinski definition) is 2. The van der Waals surface area contributed by atoms with Crippen molar-refractivity contribution in [1.82, 2.24) is 4.57 Å². The van der Waals surface area contributed by atoms with Crippen LogP contribution in [0.2, 0.25) is 0 Å². The zero-order valence-corrected chi connectivity index (χ0v) is 11.1. The van der Waals surface area contributed by atoms with Crippen molar-refractivity contribution in [3.8, 4) is 0 Å². The third-order valence-corrected chi connectivity index (χ3v) is 3.31. The summed E-state index contributed by atoms with van der Waals surface area (Å²) in [6.07, 6.45) is 1.81. The van der Waals surface area contributed by atoms with E-state index in [1.807, 2.05) is 31.2 Å². The third kappa shape index (κ3) is 2.77. The maximum atomic E-state index is 11.7. The van der Waals surface area contributed by atoms with E-state index in [1.165, 1.54) is 0 Å². The molecule has 0 unspecified atom stereocenters. The molecular weight excluding hydrogens is 280 g/mol. The van der Waals surface area contributed by atoms with Crippen molar-refractivity contribution in [2.24, 2.45) is 0 Å². The van der Waals surface area contributed by atoms with E-state index in [-0.39, 0.29) is 5.56 Å². The summed E-state index contributed by atoms with van der Waals surface area (Å²) in [7, 11) is 0. The number of nitrogens with zero attached hydrogens (tertiary/aromatic N) is 1. The van der Waals surface area contributed by atoms with E-state index < -0.39 is 0 Å². The monoisotopic (exact) mass is 292 g/mol. The molecule has 0 radical (unpaired) electrons. The van der Waals surface area contributed by atoms with Crippen LogP contribution in [0, 0.1) is 6.92 Å². The van der Waals surface area contributed by atoms with Crippen molar-refractivity contribution >= 4 is 21.6 Å². The number of nitrogen functional groups attached to an aromatic ring is 1. The zero-order valence-electron chi connectivity index (χ0n) is 9.48. The summed E-state index contributed by atoms with van der Waals surface area (Å²) in [5, 5.41) is 0. The van der Waals surface area contributed by atoms with Crippen LogP contribution in [0.25, 0.3) is 0 Å². The number of aryl methyl sites for hydroxylation is 1. The number of pyridine rings is 1. The molecule has 0 atom stereocenters. The Morgan fingerprint density at radius 2 is 2.06 bits per heavy atom. The Morgan fingerprint density at radius 3 is 2.71 bits per heavy atom. The fourth-order valence-electron chi connectivity index (χ4n) is 1.61. The summed E-state index contributed by atoms with van der Waals surface area (Å²) >= 11 is 3.45. The highest BCUT2D eigenvalue weighted by Gasteiger charge is 2.02. The van der Waals surface area contributed by atoms with Crippen molar-refractivity contribution in [2.75, 3.05) is 5.73 Å². The van der Waals surface area contributed by atoms with Crippen LogP contribution in [-0.4, -0.2) is 4.57 Å².